The third-order valence-corrected chi connectivity index (χ3v) is 3.23. The van der Waals surface area contributed by atoms with E-state index in [1.165, 1.54) is 0 Å². The number of imidazole rings is 1. The van der Waals surface area contributed by atoms with Gasteiger partial charge in [-0.15, -0.1) is 0 Å². The summed E-state index contributed by atoms with van der Waals surface area (Å²) in [6.45, 7) is 4.89. The fourth-order valence-corrected chi connectivity index (χ4v) is 2.30. The van der Waals surface area contributed by atoms with E-state index in [1.54, 1.807) is 12.3 Å². The Morgan fingerprint density at radius 2 is 2.21 bits per heavy atom. The molecule has 102 valence electrons. The van der Waals surface area contributed by atoms with E-state index >= 15 is 0 Å². The smallest absolute Gasteiger partial charge is 0.130 e. The Kier molecular flexibility index (Phi) is 4.32. The largest absolute Gasteiger partial charge is 0.333 e. The van der Waals surface area contributed by atoms with Crippen LogP contribution in [-0.4, -0.2) is 16.6 Å². The van der Waals surface area contributed by atoms with Gasteiger partial charge in [-0.25, -0.2) is 9.37 Å². The summed E-state index contributed by atoms with van der Waals surface area (Å²) in [5.41, 5.74) is 1.56. The van der Waals surface area contributed by atoms with Gasteiger partial charge in [0.25, 0.3) is 0 Å². The van der Waals surface area contributed by atoms with Crippen molar-refractivity contribution in [2.45, 2.75) is 32.9 Å². The highest BCUT2D eigenvalue weighted by molar-refractivity contribution is 5.30. The summed E-state index contributed by atoms with van der Waals surface area (Å²) in [5.74, 6) is 0.664. The summed E-state index contributed by atoms with van der Waals surface area (Å²) in [5, 5.41) is 3.16. The Bertz CT molecular complexity index is 548. The van der Waals surface area contributed by atoms with Crippen LogP contribution in [0.15, 0.2) is 30.6 Å². The summed E-state index contributed by atoms with van der Waals surface area (Å²) in [4.78, 5) is 4.38. The highest BCUT2D eigenvalue weighted by Crippen LogP contribution is 2.24. The van der Waals surface area contributed by atoms with E-state index in [0.29, 0.717) is 5.56 Å². The van der Waals surface area contributed by atoms with E-state index in [2.05, 4.69) is 21.8 Å². The normalized spacial score (nSPS) is 12.6. The molecule has 3 nitrogen and oxygen atoms in total. The van der Waals surface area contributed by atoms with Crippen LogP contribution in [0, 0.1) is 12.7 Å². The monoisotopic (exact) mass is 261 g/mol. The van der Waals surface area contributed by atoms with Crippen molar-refractivity contribution in [2.75, 3.05) is 7.05 Å². The molecule has 0 amide bonds. The first-order chi connectivity index (χ1) is 9.17. The second-order valence-electron chi connectivity index (χ2n) is 4.73. The van der Waals surface area contributed by atoms with Gasteiger partial charge in [-0.05, 0) is 32.0 Å². The van der Waals surface area contributed by atoms with Gasteiger partial charge < -0.3 is 9.88 Å². The van der Waals surface area contributed by atoms with Crippen LogP contribution >= 0.6 is 0 Å². The number of rotatable bonds is 5. The summed E-state index contributed by atoms with van der Waals surface area (Å²) >= 11 is 0. The minimum atomic E-state index is -0.220. The Morgan fingerprint density at radius 1 is 1.42 bits per heavy atom. The Hall–Kier alpha value is -1.68. The lowest BCUT2D eigenvalue weighted by atomic mass is 10.0. The van der Waals surface area contributed by atoms with Crippen molar-refractivity contribution in [3.63, 3.8) is 0 Å². The predicted octanol–water partition coefficient (Wildman–Crippen LogP) is 3.05. The highest BCUT2D eigenvalue weighted by Gasteiger charge is 2.20. The molecule has 19 heavy (non-hydrogen) atoms. The topological polar surface area (TPSA) is 29.9 Å². The standard InChI is InChI=1S/C15H20FN3/c1-4-8-19-9-7-18-15(19)14(17-3)12-6-5-11(2)10-13(12)16/h5-7,9-10,14,17H,4,8H2,1-3H3. The predicted molar refractivity (Wildman–Crippen MR) is 74.6 cm³/mol. The van der Waals surface area contributed by atoms with Crippen LogP contribution < -0.4 is 5.32 Å². The summed E-state index contributed by atoms with van der Waals surface area (Å²) in [7, 11) is 1.83. The van der Waals surface area contributed by atoms with Crippen LogP contribution in [0.5, 0.6) is 0 Å². The van der Waals surface area contributed by atoms with E-state index in [9.17, 15) is 4.39 Å². The molecule has 0 aliphatic rings. The molecule has 2 rings (SSSR count). The number of nitrogens with one attached hydrogen (secondary N) is 1. The molecule has 0 aliphatic heterocycles. The molecule has 1 unspecified atom stereocenters. The molecule has 0 saturated carbocycles. The Morgan fingerprint density at radius 3 is 2.84 bits per heavy atom. The lowest BCUT2D eigenvalue weighted by Crippen LogP contribution is -2.23. The van der Waals surface area contributed by atoms with Crippen LogP contribution in [0.2, 0.25) is 0 Å². The third-order valence-electron chi connectivity index (χ3n) is 3.23. The van der Waals surface area contributed by atoms with Crippen molar-refractivity contribution in [1.29, 1.82) is 0 Å². The van der Waals surface area contributed by atoms with Crippen LogP contribution in [0.4, 0.5) is 4.39 Å². The summed E-state index contributed by atoms with van der Waals surface area (Å²) < 4.78 is 16.2. The first-order valence-electron chi connectivity index (χ1n) is 6.61. The van der Waals surface area contributed by atoms with E-state index in [1.807, 2.05) is 32.3 Å². The van der Waals surface area contributed by atoms with Crippen LogP contribution in [0.3, 0.4) is 0 Å². The molecule has 0 spiro atoms. The molecule has 1 aromatic heterocycles. The van der Waals surface area contributed by atoms with Crippen LogP contribution in [0.1, 0.15) is 36.3 Å². The number of hydrogen-bond donors (Lipinski definition) is 1. The first-order valence-corrected chi connectivity index (χ1v) is 6.61. The first kappa shape index (κ1) is 13.7. The third kappa shape index (κ3) is 2.84. The Balaban J connectivity index is 2.41. The number of nitrogens with zero attached hydrogens (tertiary/aromatic N) is 2. The van der Waals surface area contributed by atoms with Crippen molar-refractivity contribution in [2.24, 2.45) is 0 Å². The maximum absolute atomic E-state index is 14.1. The molecular formula is C15H20FN3. The SMILES string of the molecule is CCCn1ccnc1C(NC)c1ccc(C)cc1F. The summed E-state index contributed by atoms with van der Waals surface area (Å²) in [6.07, 6.45) is 4.73. The number of aryl methyl sites for hydroxylation is 2. The molecule has 0 bridgehead atoms. The van der Waals surface area contributed by atoms with Gasteiger partial charge in [0.2, 0.25) is 0 Å². The zero-order valence-corrected chi connectivity index (χ0v) is 11.7. The van der Waals surface area contributed by atoms with Crippen molar-refractivity contribution in [3.8, 4) is 0 Å². The second-order valence-corrected chi connectivity index (χ2v) is 4.73. The minimum Gasteiger partial charge on any atom is -0.333 e. The molecule has 1 aromatic carbocycles. The molecule has 4 heteroatoms. The zero-order valence-electron chi connectivity index (χ0n) is 11.7. The minimum absolute atomic E-state index is 0.189. The quantitative estimate of drug-likeness (QED) is 0.896. The van der Waals surface area contributed by atoms with Gasteiger partial charge in [0.1, 0.15) is 11.6 Å². The average Bonchev–Trinajstić information content (AvgIpc) is 2.82. The van der Waals surface area contributed by atoms with Gasteiger partial charge in [-0.2, -0.15) is 0 Å². The number of benzene rings is 1. The molecule has 1 heterocycles. The van der Waals surface area contributed by atoms with Gasteiger partial charge in [0.15, 0.2) is 0 Å². The van der Waals surface area contributed by atoms with Crippen molar-refractivity contribution < 1.29 is 4.39 Å². The maximum Gasteiger partial charge on any atom is 0.130 e. The molecule has 1 N–H and O–H groups in total. The number of halogens is 1. The van der Waals surface area contributed by atoms with E-state index < -0.39 is 0 Å². The lowest BCUT2D eigenvalue weighted by molar-refractivity contribution is 0.533. The molecule has 0 aliphatic carbocycles. The number of hydrogen-bond acceptors (Lipinski definition) is 2. The average molecular weight is 261 g/mol. The molecule has 0 fully saturated rings. The van der Waals surface area contributed by atoms with E-state index in [0.717, 1.165) is 24.4 Å². The highest BCUT2D eigenvalue weighted by atomic mass is 19.1. The number of aromatic nitrogens is 2. The van der Waals surface area contributed by atoms with Gasteiger partial charge in [-0.3, -0.25) is 0 Å². The Labute approximate surface area is 113 Å². The van der Waals surface area contributed by atoms with Crippen LogP contribution in [-0.2, 0) is 6.54 Å². The zero-order chi connectivity index (χ0) is 13.8. The fourth-order valence-electron chi connectivity index (χ4n) is 2.30. The molecule has 0 saturated heterocycles. The maximum atomic E-state index is 14.1. The van der Waals surface area contributed by atoms with Gasteiger partial charge >= 0.3 is 0 Å². The van der Waals surface area contributed by atoms with E-state index in [-0.39, 0.29) is 11.9 Å². The molecule has 0 radical (unpaired) electrons. The summed E-state index contributed by atoms with van der Waals surface area (Å²) in [6, 6.07) is 5.10. The van der Waals surface area contributed by atoms with E-state index in [4.69, 9.17) is 0 Å². The lowest BCUT2D eigenvalue weighted by Gasteiger charge is -2.18. The van der Waals surface area contributed by atoms with Crippen molar-refractivity contribution in [1.82, 2.24) is 14.9 Å². The second kappa shape index (κ2) is 5.97. The van der Waals surface area contributed by atoms with Crippen LogP contribution in [0.25, 0.3) is 0 Å². The van der Waals surface area contributed by atoms with Crippen molar-refractivity contribution >= 4 is 0 Å². The molecular weight excluding hydrogens is 241 g/mol. The van der Waals surface area contributed by atoms with Gasteiger partial charge in [0.05, 0.1) is 6.04 Å². The van der Waals surface area contributed by atoms with Gasteiger partial charge in [-0.1, -0.05) is 19.1 Å². The fraction of sp³-hybridized carbons (Fsp3) is 0.400. The van der Waals surface area contributed by atoms with Crippen molar-refractivity contribution in [3.05, 3.63) is 53.4 Å². The van der Waals surface area contributed by atoms with Gasteiger partial charge in [0, 0.05) is 24.5 Å². The molecule has 2 aromatic rings. The molecule has 1 atom stereocenters.